The standard InChI is InChI=1S/C15H18F3NO2/c1-2-19-12(6-7-20-9-14(17)18)13-8-10-4-3-5-11(16)15(10)21-13/h3-5,8,12,14,19H,2,6-7,9H2,1H3. The van der Waals surface area contributed by atoms with Crippen LogP contribution in [0.1, 0.15) is 25.1 Å². The van der Waals surface area contributed by atoms with Crippen LogP contribution in [-0.2, 0) is 4.74 Å². The van der Waals surface area contributed by atoms with E-state index < -0.39 is 18.8 Å². The van der Waals surface area contributed by atoms with Crippen LogP contribution in [0.2, 0.25) is 0 Å². The van der Waals surface area contributed by atoms with Crippen LogP contribution in [0.15, 0.2) is 28.7 Å². The molecule has 0 aliphatic rings. The predicted octanol–water partition coefficient (Wildman–Crippen LogP) is 3.89. The minimum absolute atomic E-state index is 0.182. The van der Waals surface area contributed by atoms with Crippen LogP contribution < -0.4 is 5.32 Å². The second-order valence-electron chi connectivity index (χ2n) is 4.67. The van der Waals surface area contributed by atoms with Gasteiger partial charge in [-0.1, -0.05) is 19.1 Å². The van der Waals surface area contributed by atoms with E-state index in [1.165, 1.54) is 6.07 Å². The summed E-state index contributed by atoms with van der Waals surface area (Å²) in [5.41, 5.74) is 0.212. The fourth-order valence-corrected chi connectivity index (χ4v) is 2.18. The molecule has 0 saturated carbocycles. The molecule has 6 heteroatoms. The summed E-state index contributed by atoms with van der Waals surface area (Å²) < 4.78 is 48.1. The predicted molar refractivity (Wildman–Crippen MR) is 74.0 cm³/mol. The van der Waals surface area contributed by atoms with Crippen LogP contribution in [0.4, 0.5) is 13.2 Å². The van der Waals surface area contributed by atoms with E-state index in [2.05, 4.69) is 5.32 Å². The summed E-state index contributed by atoms with van der Waals surface area (Å²) in [7, 11) is 0. The highest BCUT2D eigenvalue weighted by atomic mass is 19.3. The first-order chi connectivity index (χ1) is 10.1. The van der Waals surface area contributed by atoms with Gasteiger partial charge in [-0.15, -0.1) is 0 Å². The number of halogens is 3. The maximum Gasteiger partial charge on any atom is 0.261 e. The molecule has 1 N–H and O–H groups in total. The van der Waals surface area contributed by atoms with E-state index >= 15 is 0 Å². The summed E-state index contributed by atoms with van der Waals surface area (Å²) in [5.74, 6) is 0.167. The third kappa shape index (κ3) is 4.22. The van der Waals surface area contributed by atoms with Crippen molar-refractivity contribution in [2.24, 2.45) is 0 Å². The van der Waals surface area contributed by atoms with Crippen molar-refractivity contribution >= 4 is 11.0 Å². The van der Waals surface area contributed by atoms with Crippen LogP contribution in [-0.4, -0.2) is 26.2 Å². The van der Waals surface area contributed by atoms with Gasteiger partial charge in [0.1, 0.15) is 12.4 Å². The Morgan fingerprint density at radius 3 is 2.81 bits per heavy atom. The molecule has 0 fully saturated rings. The lowest BCUT2D eigenvalue weighted by atomic mass is 10.1. The highest BCUT2D eigenvalue weighted by molar-refractivity contribution is 5.78. The van der Waals surface area contributed by atoms with Gasteiger partial charge in [0.05, 0.1) is 6.04 Å². The second kappa shape index (κ2) is 7.47. The Balaban J connectivity index is 2.06. The Hall–Kier alpha value is -1.53. The van der Waals surface area contributed by atoms with Gasteiger partial charge in [0.25, 0.3) is 6.43 Å². The quantitative estimate of drug-likeness (QED) is 0.751. The highest BCUT2D eigenvalue weighted by Crippen LogP contribution is 2.27. The number of rotatable bonds is 8. The lowest BCUT2D eigenvalue weighted by Gasteiger charge is -2.15. The van der Waals surface area contributed by atoms with Gasteiger partial charge in [-0.2, -0.15) is 0 Å². The highest BCUT2D eigenvalue weighted by Gasteiger charge is 2.17. The van der Waals surface area contributed by atoms with E-state index in [9.17, 15) is 13.2 Å². The molecule has 0 aliphatic carbocycles. The van der Waals surface area contributed by atoms with Crippen LogP contribution in [0, 0.1) is 5.82 Å². The molecule has 3 nitrogen and oxygen atoms in total. The van der Waals surface area contributed by atoms with E-state index in [-0.39, 0.29) is 18.2 Å². The van der Waals surface area contributed by atoms with Crippen molar-refractivity contribution in [2.45, 2.75) is 25.8 Å². The van der Waals surface area contributed by atoms with E-state index in [0.29, 0.717) is 24.1 Å². The van der Waals surface area contributed by atoms with Crippen molar-refractivity contribution in [3.05, 3.63) is 35.8 Å². The van der Waals surface area contributed by atoms with Gasteiger partial charge < -0.3 is 14.5 Å². The average molecular weight is 301 g/mol. The zero-order chi connectivity index (χ0) is 15.2. The number of furan rings is 1. The van der Waals surface area contributed by atoms with Crippen molar-refractivity contribution < 1.29 is 22.3 Å². The zero-order valence-corrected chi connectivity index (χ0v) is 11.7. The molecule has 2 rings (SSSR count). The molecular formula is C15H18F3NO2. The molecule has 1 heterocycles. The molecule has 0 saturated heterocycles. The number of hydrogen-bond acceptors (Lipinski definition) is 3. The van der Waals surface area contributed by atoms with E-state index in [0.717, 1.165) is 0 Å². The topological polar surface area (TPSA) is 34.4 Å². The van der Waals surface area contributed by atoms with Crippen LogP contribution in [0.25, 0.3) is 11.0 Å². The van der Waals surface area contributed by atoms with Crippen LogP contribution >= 0.6 is 0 Å². The largest absolute Gasteiger partial charge is 0.456 e. The van der Waals surface area contributed by atoms with Gasteiger partial charge in [-0.25, -0.2) is 13.2 Å². The van der Waals surface area contributed by atoms with E-state index in [1.807, 2.05) is 6.92 Å². The molecule has 0 spiro atoms. The molecule has 1 unspecified atom stereocenters. The molecule has 2 aromatic rings. The summed E-state index contributed by atoms with van der Waals surface area (Å²) in [4.78, 5) is 0. The Labute approximate surface area is 121 Å². The molecule has 116 valence electrons. The Bertz CT molecular complexity index is 571. The molecule has 0 bridgehead atoms. The maximum absolute atomic E-state index is 13.6. The fraction of sp³-hybridized carbons (Fsp3) is 0.467. The van der Waals surface area contributed by atoms with Crippen LogP contribution in [0.3, 0.4) is 0 Å². The second-order valence-corrected chi connectivity index (χ2v) is 4.67. The van der Waals surface area contributed by atoms with Crippen molar-refractivity contribution in [1.29, 1.82) is 0 Å². The molecule has 1 aromatic carbocycles. The average Bonchev–Trinajstić information content (AvgIpc) is 2.87. The number of fused-ring (bicyclic) bond motifs is 1. The van der Waals surface area contributed by atoms with Crippen molar-refractivity contribution in [3.8, 4) is 0 Å². The number of alkyl halides is 2. The zero-order valence-electron chi connectivity index (χ0n) is 11.7. The summed E-state index contributed by atoms with van der Waals surface area (Å²) in [6, 6.07) is 6.29. The van der Waals surface area contributed by atoms with E-state index in [1.54, 1.807) is 18.2 Å². The lowest BCUT2D eigenvalue weighted by molar-refractivity contribution is 0.0139. The monoisotopic (exact) mass is 301 g/mol. The Morgan fingerprint density at radius 2 is 2.14 bits per heavy atom. The molecule has 1 aromatic heterocycles. The molecule has 21 heavy (non-hydrogen) atoms. The molecule has 0 amide bonds. The first-order valence-electron chi connectivity index (χ1n) is 6.89. The van der Waals surface area contributed by atoms with Gasteiger partial charge >= 0.3 is 0 Å². The van der Waals surface area contributed by atoms with E-state index in [4.69, 9.17) is 9.15 Å². The maximum atomic E-state index is 13.6. The van der Waals surface area contributed by atoms with Gasteiger partial charge in [0, 0.05) is 12.0 Å². The first-order valence-corrected chi connectivity index (χ1v) is 6.89. The third-order valence-corrected chi connectivity index (χ3v) is 3.10. The van der Waals surface area contributed by atoms with Gasteiger partial charge in [-0.3, -0.25) is 0 Å². The number of nitrogens with one attached hydrogen (secondary N) is 1. The first kappa shape index (κ1) is 15.9. The smallest absolute Gasteiger partial charge is 0.261 e. The lowest BCUT2D eigenvalue weighted by Crippen LogP contribution is -2.22. The van der Waals surface area contributed by atoms with Crippen molar-refractivity contribution in [3.63, 3.8) is 0 Å². The molecular weight excluding hydrogens is 283 g/mol. The number of ether oxygens (including phenoxy) is 1. The molecule has 1 atom stereocenters. The van der Waals surface area contributed by atoms with Crippen molar-refractivity contribution in [2.75, 3.05) is 19.8 Å². The number of benzene rings is 1. The molecule has 0 aliphatic heterocycles. The SMILES string of the molecule is CCNC(CCOCC(F)F)c1cc2cccc(F)c2o1. The number of hydrogen-bond donors (Lipinski definition) is 1. The number of para-hydroxylation sites is 1. The minimum atomic E-state index is -2.47. The summed E-state index contributed by atoms with van der Waals surface area (Å²) in [6.07, 6.45) is -2.00. The minimum Gasteiger partial charge on any atom is -0.456 e. The van der Waals surface area contributed by atoms with Crippen molar-refractivity contribution in [1.82, 2.24) is 5.32 Å². The summed E-state index contributed by atoms with van der Waals surface area (Å²) in [5, 5.41) is 3.87. The Morgan fingerprint density at radius 1 is 1.33 bits per heavy atom. The van der Waals surface area contributed by atoms with Gasteiger partial charge in [0.15, 0.2) is 11.4 Å². The Kier molecular flexibility index (Phi) is 5.64. The third-order valence-electron chi connectivity index (χ3n) is 3.10. The molecule has 0 radical (unpaired) electrons. The normalized spacial score (nSPS) is 13.2. The summed E-state index contributed by atoms with van der Waals surface area (Å²) >= 11 is 0. The summed E-state index contributed by atoms with van der Waals surface area (Å²) in [6.45, 7) is 2.21. The fourth-order valence-electron chi connectivity index (χ4n) is 2.18. The van der Waals surface area contributed by atoms with Gasteiger partial charge in [-0.05, 0) is 25.1 Å². The van der Waals surface area contributed by atoms with Crippen LogP contribution in [0.5, 0.6) is 0 Å². The van der Waals surface area contributed by atoms with Gasteiger partial charge in [0.2, 0.25) is 0 Å².